The molecule has 1 amide bonds. The van der Waals surface area contributed by atoms with Crippen LogP contribution in [-0.4, -0.2) is 15.9 Å². The third-order valence-corrected chi connectivity index (χ3v) is 5.45. The quantitative estimate of drug-likeness (QED) is 0.481. The summed E-state index contributed by atoms with van der Waals surface area (Å²) in [5.74, 6) is 1.02. The molecule has 0 bridgehead atoms. The van der Waals surface area contributed by atoms with Crippen molar-refractivity contribution in [2.45, 2.75) is 26.7 Å². The number of nitrogens with zero attached hydrogens (tertiary/aromatic N) is 2. The van der Waals surface area contributed by atoms with Gasteiger partial charge in [-0.15, -0.1) is 11.3 Å². The van der Waals surface area contributed by atoms with Gasteiger partial charge in [0.05, 0.1) is 12.1 Å². The first-order valence-corrected chi connectivity index (χ1v) is 10.2. The molecule has 4 aromatic rings. The van der Waals surface area contributed by atoms with Crippen LogP contribution in [0.4, 0.5) is 5.13 Å². The van der Waals surface area contributed by atoms with E-state index in [0.717, 1.165) is 16.9 Å². The third-order valence-electron chi connectivity index (χ3n) is 4.54. The van der Waals surface area contributed by atoms with Crippen LogP contribution in [0.25, 0.3) is 11.5 Å². The molecule has 0 saturated heterocycles. The molecule has 0 aliphatic carbocycles. The summed E-state index contributed by atoms with van der Waals surface area (Å²) in [6, 6.07) is 18.1. The van der Waals surface area contributed by atoms with E-state index in [1.165, 1.54) is 22.5 Å². The van der Waals surface area contributed by atoms with Crippen LogP contribution in [0.3, 0.4) is 0 Å². The minimum atomic E-state index is -0.155. The van der Waals surface area contributed by atoms with Gasteiger partial charge >= 0.3 is 0 Å². The molecule has 0 aliphatic heterocycles. The van der Waals surface area contributed by atoms with E-state index in [2.05, 4.69) is 46.5 Å². The van der Waals surface area contributed by atoms with Crippen LogP contribution >= 0.6 is 11.3 Å². The lowest BCUT2D eigenvalue weighted by molar-refractivity contribution is -0.115. The number of carbonyl (C=O) groups is 1. The van der Waals surface area contributed by atoms with Crippen LogP contribution < -0.4 is 5.32 Å². The van der Waals surface area contributed by atoms with E-state index in [-0.39, 0.29) is 12.3 Å². The zero-order valence-corrected chi connectivity index (χ0v) is 17.1. The fraction of sp³-hybridized carbons (Fsp3) is 0.174. The summed E-state index contributed by atoms with van der Waals surface area (Å²) in [5.41, 5.74) is 3.99. The number of hydrogen-bond acceptors (Lipinski definition) is 5. The maximum Gasteiger partial charge on any atom is 0.232 e. The lowest BCUT2D eigenvalue weighted by atomic mass is 10.1. The number of aryl methyl sites for hydroxylation is 2. The second-order valence-electron chi connectivity index (χ2n) is 6.91. The van der Waals surface area contributed by atoms with Crippen molar-refractivity contribution in [3.63, 3.8) is 0 Å². The average molecular weight is 404 g/mol. The van der Waals surface area contributed by atoms with Crippen LogP contribution in [-0.2, 0) is 17.6 Å². The number of rotatable bonds is 6. The number of thiazole rings is 1. The first-order valence-electron chi connectivity index (χ1n) is 9.38. The number of carbonyl (C=O) groups excluding carboxylic acids is 1. The molecule has 29 heavy (non-hydrogen) atoms. The van der Waals surface area contributed by atoms with Crippen LogP contribution in [0.1, 0.15) is 27.5 Å². The first kappa shape index (κ1) is 19.1. The van der Waals surface area contributed by atoms with E-state index in [1.54, 1.807) is 0 Å². The maximum atomic E-state index is 12.5. The second kappa shape index (κ2) is 8.41. The highest BCUT2D eigenvalue weighted by atomic mass is 32.1. The lowest BCUT2D eigenvalue weighted by Gasteiger charge is -2.00. The fourth-order valence-corrected chi connectivity index (χ4v) is 3.83. The number of oxazole rings is 1. The molecule has 4 rings (SSSR count). The molecule has 0 fully saturated rings. The van der Waals surface area contributed by atoms with Crippen molar-refractivity contribution in [2.75, 3.05) is 5.32 Å². The molecule has 0 spiro atoms. The molecule has 2 aromatic carbocycles. The zero-order valence-electron chi connectivity index (χ0n) is 16.3. The third kappa shape index (κ3) is 4.78. The monoisotopic (exact) mass is 403 g/mol. The van der Waals surface area contributed by atoms with E-state index in [4.69, 9.17) is 4.42 Å². The Morgan fingerprint density at radius 2 is 1.83 bits per heavy atom. The van der Waals surface area contributed by atoms with Crippen molar-refractivity contribution in [2.24, 2.45) is 0 Å². The molecule has 6 heteroatoms. The smallest absolute Gasteiger partial charge is 0.232 e. The van der Waals surface area contributed by atoms with Gasteiger partial charge in [-0.2, -0.15) is 0 Å². The molecule has 0 atom stereocenters. The Hall–Kier alpha value is -3.25. The van der Waals surface area contributed by atoms with Crippen LogP contribution in [0.15, 0.2) is 65.2 Å². The van der Waals surface area contributed by atoms with Gasteiger partial charge in [-0.3, -0.25) is 4.79 Å². The molecule has 1 N–H and O–H groups in total. The van der Waals surface area contributed by atoms with E-state index >= 15 is 0 Å². The standard InChI is InChI=1S/C23H21N3O2S/c1-15-8-10-17(11-9-15)12-19-14-24-23(29-19)26-21(27)13-20-16(2)28-22(25-20)18-6-4-3-5-7-18/h3-11,14H,12-13H2,1-2H3,(H,24,26,27). The molecule has 2 aromatic heterocycles. The van der Waals surface area contributed by atoms with Crippen molar-refractivity contribution in [1.82, 2.24) is 9.97 Å². The minimum absolute atomic E-state index is 0.148. The summed E-state index contributed by atoms with van der Waals surface area (Å²) in [4.78, 5) is 22.4. The summed E-state index contributed by atoms with van der Waals surface area (Å²) in [6.07, 6.45) is 2.76. The molecule has 146 valence electrons. The molecule has 0 unspecified atom stereocenters. The predicted octanol–water partition coefficient (Wildman–Crippen LogP) is 5.19. The highest BCUT2D eigenvalue weighted by Gasteiger charge is 2.15. The Morgan fingerprint density at radius 3 is 2.59 bits per heavy atom. The summed E-state index contributed by atoms with van der Waals surface area (Å²) >= 11 is 1.49. The number of aromatic nitrogens is 2. The molecular weight excluding hydrogens is 382 g/mol. The van der Waals surface area contributed by atoms with Crippen molar-refractivity contribution < 1.29 is 9.21 Å². The van der Waals surface area contributed by atoms with Gasteiger partial charge in [0.15, 0.2) is 5.13 Å². The summed E-state index contributed by atoms with van der Waals surface area (Å²) in [7, 11) is 0. The fourth-order valence-electron chi connectivity index (χ4n) is 2.97. The molecule has 0 aliphatic rings. The van der Waals surface area contributed by atoms with Crippen molar-refractivity contribution in [1.29, 1.82) is 0 Å². The number of benzene rings is 2. The Bertz CT molecular complexity index is 1110. The van der Waals surface area contributed by atoms with Gasteiger partial charge in [0.25, 0.3) is 0 Å². The molecular formula is C23H21N3O2S. The van der Waals surface area contributed by atoms with Gasteiger partial charge in [0.2, 0.25) is 11.8 Å². The van der Waals surface area contributed by atoms with Gasteiger partial charge in [-0.1, -0.05) is 48.0 Å². The van der Waals surface area contributed by atoms with E-state index in [0.29, 0.717) is 22.5 Å². The summed E-state index contributed by atoms with van der Waals surface area (Å²) in [5, 5.41) is 3.47. The Labute approximate surface area is 173 Å². The first-order chi connectivity index (χ1) is 14.1. The summed E-state index contributed by atoms with van der Waals surface area (Å²) < 4.78 is 5.73. The highest BCUT2D eigenvalue weighted by molar-refractivity contribution is 7.15. The SMILES string of the molecule is Cc1ccc(Cc2cnc(NC(=O)Cc3nc(-c4ccccc4)oc3C)s2)cc1. The Morgan fingerprint density at radius 1 is 1.07 bits per heavy atom. The zero-order chi connectivity index (χ0) is 20.2. The van der Waals surface area contributed by atoms with Crippen molar-refractivity contribution >= 4 is 22.4 Å². The van der Waals surface area contributed by atoms with Crippen LogP contribution in [0, 0.1) is 13.8 Å². The van der Waals surface area contributed by atoms with E-state index in [1.807, 2.05) is 43.5 Å². The van der Waals surface area contributed by atoms with Gasteiger partial charge in [0, 0.05) is 23.1 Å². The van der Waals surface area contributed by atoms with Gasteiger partial charge in [-0.05, 0) is 31.5 Å². The normalized spacial score (nSPS) is 10.8. The van der Waals surface area contributed by atoms with Crippen LogP contribution in [0.5, 0.6) is 0 Å². The van der Waals surface area contributed by atoms with Gasteiger partial charge < -0.3 is 9.73 Å². The van der Waals surface area contributed by atoms with Gasteiger partial charge in [0.1, 0.15) is 5.76 Å². The molecule has 5 nitrogen and oxygen atoms in total. The van der Waals surface area contributed by atoms with E-state index in [9.17, 15) is 4.79 Å². The number of hydrogen-bond donors (Lipinski definition) is 1. The largest absolute Gasteiger partial charge is 0.441 e. The van der Waals surface area contributed by atoms with Gasteiger partial charge in [-0.25, -0.2) is 9.97 Å². The molecule has 2 heterocycles. The lowest BCUT2D eigenvalue weighted by Crippen LogP contribution is -2.14. The maximum absolute atomic E-state index is 12.5. The Kier molecular flexibility index (Phi) is 5.53. The number of anilines is 1. The predicted molar refractivity (Wildman–Crippen MR) is 115 cm³/mol. The van der Waals surface area contributed by atoms with Crippen molar-refractivity contribution in [3.8, 4) is 11.5 Å². The Balaban J connectivity index is 1.38. The van der Waals surface area contributed by atoms with E-state index < -0.39 is 0 Å². The topological polar surface area (TPSA) is 68.0 Å². The highest BCUT2D eigenvalue weighted by Crippen LogP contribution is 2.24. The average Bonchev–Trinajstić information content (AvgIpc) is 3.31. The van der Waals surface area contributed by atoms with Crippen molar-refractivity contribution in [3.05, 3.63) is 88.3 Å². The number of amides is 1. The minimum Gasteiger partial charge on any atom is -0.441 e. The number of nitrogens with one attached hydrogen (secondary N) is 1. The van der Waals surface area contributed by atoms with Crippen LogP contribution in [0.2, 0.25) is 0 Å². The summed E-state index contributed by atoms with van der Waals surface area (Å²) in [6.45, 7) is 3.90. The second-order valence-corrected chi connectivity index (χ2v) is 8.02. The molecule has 0 radical (unpaired) electrons. The molecule has 0 saturated carbocycles.